The number of aliphatic hydroxyl groups is 1. The van der Waals surface area contributed by atoms with Crippen LogP contribution >= 0.6 is 0 Å². The molecule has 1 atom stereocenters. The van der Waals surface area contributed by atoms with Crippen LogP contribution in [0.2, 0.25) is 0 Å². The van der Waals surface area contributed by atoms with Crippen LogP contribution in [0.15, 0.2) is 18.2 Å². The lowest BCUT2D eigenvalue weighted by Crippen LogP contribution is -2.53. The van der Waals surface area contributed by atoms with Crippen LogP contribution in [0.1, 0.15) is 45.2 Å². The lowest BCUT2D eigenvalue weighted by molar-refractivity contribution is -0.131. The van der Waals surface area contributed by atoms with E-state index in [4.69, 9.17) is 9.47 Å². The summed E-state index contributed by atoms with van der Waals surface area (Å²) in [4.78, 5) is 0. The second-order valence-electron chi connectivity index (χ2n) is 7.02. The van der Waals surface area contributed by atoms with Gasteiger partial charge >= 0.3 is 0 Å². The van der Waals surface area contributed by atoms with Gasteiger partial charge in [-0.3, -0.25) is 0 Å². The van der Waals surface area contributed by atoms with E-state index in [-0.39, 0.29) is 23.0 Å². The number of benzene rings is 1. The van der Waals surface area contributed by atoms with Gasteiger partial charge in [0, 0.05) is 44.1 Å². The minimum Gasteiger partial charge on any atom is -0.494 e. The molecule has 1 aliphatic heterocycles. The van der Waals surface area contributed by atoms with Gasteiger partial charge in [-0.1, -0.05) is 19.9 Å². The first kappa shape index (κ1) is 18.2. The average Bonchev–Trinajstić information content (AvgIpc) is 2.53. The third-order valence-electron chi connectivity index (χ3n) is 5.11. The molecule has 0 saturated carbocycles. The molecule has 1 unspecified atom stereocenters. The normalized spacial score (nSPS) is 19.4. The van der Waals surface area contributed by atoms with E-state index in [9.17, 15) is 9.50 Å². The monoisotopic (exact) mass is 325 g/mol. The first-order valence-electron chi connectivity index (χ1n) is 8.16. The molecule has 0 amide bonds. The fourth-order valence-corrected chi connectivity index (χ4v) is 3.02. The van der Waals surface area contributed by atoms with Crippen LogP contribution in [0.4, 0.5) is 4.39 Å². The number of halogens is 1. The predicted molar refractivity (Wildman–Crippen MR) is 88.2 cm³/mol. The van der Waals surface area contributed by atoms with Crippen LogP contribution in [0.3, 0.4) is 0 Å². The third kappa shape index (κ3) is 4.03. The third-order valence-corrected chi connectivity index (χ3v) is 5.11. The van der Waals surface area contributed by atoms with Gasteiger partial charge in [0.15, 0.2) is 11.6 Å². The van der Waals surface area contributed by atoms with Crippen molar-refractivity contribution >= 4 is 0 Å². The minimum absolute atomic E-state index is 0.0345. The molecule has 2 N–H and O–H groups in total. The molecule has 0 spiro atoms. The second kappa shape index (κ2) is 7.16. The maximum absolute atomic E-state index is 13.5. The summed E-state index contributed by atoms with van der Waals surface area (Å²) >= 11 is 0. The van der Waals surface area contributed by atoms with Crippen molar-refractivity contribution in [1.29, 1.82) is 0 Å². The standard InChI is InChI=1S/C18H28FNO3/c1-13(14-5-6-15(19)16(11-14)22-4)20-12-17(2,3)18(21)7-9-23-10-8-18/h5-6,11,13,20-21H,7-10,12H2,1-4H3. The van der Waals surface area contributed by atoms with Crippen molar-refractivity contribution in [2.45, 2.75) is 45.3 Å². The summed E-state index contributed by atoms with van der Waals surface area (Å²) in [5, 5.41) is 14.4. The van der Waals surface area contributed by atoms with Gasteiger partial charge in [0.2, 0.25) is 0 Å². The van der Waals surface area contributed by atoms with Crippen LogP contribution < -0.4 is 10.1 Å². The van der Waals surface area contributed by atoms with Crippen molar-refractivity contribution in [3.05, 3.63) is 29.6 Å². The minimum atomic E-state index is -0.724. The fraction of sp³-hybridized carbons (Fsp3) is 0.667. The Hall–Kier alpha value is -1.17. The quantitative estimate of drug-likeness (QED) is 0.844. The van der Waals surface area contributed by atoms with Gasteiger partial charge in [0.1, 0.15) is 0 Å². The molecule has 130 valence electrons. The number of methoxy groups -OCH3 is 1. The van der Waals surface area contributed by atoms with E-state index in [2.05, 4.69) is 19.2 Å². The Kier molecular flexibility index (Phi) is 5.65. The van der Waals surface area contributed by atoms with E-state index in [1.165, 1.54) is 13.2 Å². The highest BCUT2D eigenvalue weighted by molar-refractivity contribution is 5.31. The summed E-state index contributed by atoms with van der Waals surface area (Å²) in [6.45, 7) is 8.03. The van der Waals surface area contributed by atoms with Gasteiger partial charge in [-0.2, -0.15) is 0 Å². The zero-order valence-electron chi connectivity index (χ0n) is 14.5. The molecular formula is C18H28FNO3. The Morgan fingerprint density at radius 1 is 1.39 bits per heavy atom. The van der Waals surface area contributed by atoms with Crippen LogP contribution in [-0.4, -0.2) is 37.6 Å². The van der Waals surface area contributed by atoms with E-state index < -0.39 is 5.60 Å². The van der Waals surface area contributed by atoms with Crippen molar-refractivity contribution in [2.24, 2.45) is 5.41 Å². The Labute approximate surface area is 138 Å². The van der Waals surface area contributed by atoms with E-state index in [0.717, 1.165) is 5.56 Å². The van der Waals surface area contributed by atoms with Gasteiger partial charge in [0.25, 0.3) is 0 Å². The first-order chi connectivity index (χ1) is 10.8. The Bertz CT molecular complexity index is 527. The van der Waals surface area contributed by atoms with Crippen molar-refractivity contribution in [2.75, 3.05) is 26.9 Å². The van der Waals surface area contributed by atoms with Gasteiger partial charge < -0.3 is 19.9 Å². The molecule has 0 bridgehead atoms. The summed E-state index contributed by atoms with van der Waals surface area (Å²) in [6, 6.07) is 4.92. The predicted octanol–water partition coefficient (Wildman–Crippen LogP) is 3.05. The summed E-state index contributed by atoms with van der Waals surface area (Å²) in [5.41, 5.74) is -0.0498. The molecule has 1 aromatic rings. The molecule has 23 heavy (non-hydrogen) atoms. The molecule has 1 aromatic carbocycles. The number of hydrogen-bond donors (Lipinski definition) is 2. The van der Waals surface area contributed by atoms with Crippen LogP contribution in [0, 0.1) is 11.2 Å². The van der Waals surface area contributed by atoms with Crippen molar-refractivity contribution in [3.8, 4) is 5.75 Å². The van der Waals surface area contributed by atoms with Crippen LogP contribution in [0.25, 0.3) is 0 Å². The van der Waals surface area contributed by atoms with Crippen molar-refractivity contribution in [1.82, 2.24) is 5.32 Å². The maximum Gasteiger partial charge on any atom is 0.165 e. The highest BCUT2D eigenvalue weighted by Gasteiger charge is 2.44. The van der Waals surface area contributed by atoms with Gasteiger partial charge in [-0.15, -0.1) is 0 Å². The largest absolute Gasteiger partial charge is 0.494 e. The highest BCUT2D eigenvalue weighted by Crippen LogP contribution is 2.38. The molecule has 0 radical (unpaired) electrons. The molecule has 4 nitrogen and oxygen atoms in total. The Morgan fingerprint density at radius 2 is 2.04 bits per heavy atom. The summed E-state index contributed by atoms with van der Waals surface area (Å²) in [6.07, 6.45) is 1.31. The highest BCUT2D eigenvalue weighted by atomic mass is 19.1. The van der Waals surface area contributed by atoms with Gasteiger partial charge in [-0.25, -0.2) is 4.39 Å². The Balaban J connectivity index is 2.01. The molecule has 0 aromatic heterocycles. The second-order valence-corrected chi connectivity index (χ2v) is 7.02. The number of ether oxygens (including phenoxy) is 2. The number of rotatable bonds is 6. The zero-order valence-corrected chi connectivity index (χ0v) is 14.5. The summed E-state index contributed by atoms with van der Waals surface area (Å²) in [5.74, 6) is -0.112. The van der Waals surface area contributed by atoms with Crippen LogP contribution in [0.5, 0.6) is 5.75 Å². The van der Waals surface area contributed by atoms with Gasteiger partial charge in [0.05, 0.1) is 12.7 Å². The SMILES string of the molecule is COc1cc(C(C)NCC(C)(C)C2(O)CCOCC2)ccc1F. The van der Waals surface area contributed by atoms with E-state index in [0.29, 0.717) is 32.6 Å². The summed E-state index contributed by atoms with van der Waals surface area (Å²) < 4.78 is 23.9. The fourth-order valence-electron chi connectivity index (χ4n) is 3.02. The lowest BCUT2D eigenvalue weighted by atomic mass is 9.70. The molecular weight excluding hydrogens is 297 g/mol. The van der Waals surface area contributed by atoms with E-state index in [1.54, 1.807) is 12.1 Å². The summed E-state index contributed by atoms with van der Waals surface area (Å²) in [7, 11) is 1.46. The number of hydrogen-bond acceptors (Lipinski definition) is 4. The lowest BCUT2D eigenvalue weighted by Gasteiger charge is -2.45. The smallest absolute Gasteiger partial charge is 0.165 e. The van der Waals surface area contributed by atoms with Crippen molar-refractivity contribution < 1.29 is 19.0 Å². The van der Waals surface area contributed by atoms with E-state index >= 15 is 0 Å². The molecule has 1 saturated heterocycles. The van der Waals surface area contributed by atoms with Gasteiger partial charge in [-0.05, 0) is 24.6 Å². The maximum atomic E-state index is 13.5. The molecule has 1 heterocycles. The van der Waals surface area contributed by atoms with Crippen LogP contribution in [-0.2, 0) is 4.74 Å². The van der Waals surface area contributed by atoms with Crippen molar-refractivity contribution in [3.63, 3.8) is 0 Å². The Morgan fingerprint density at radius 3 is 2.65 bits per heavy atom. The molecule has 1 fully saturated rings. The molecule has 1 aliphatic rings. The zero-order chi connectivity index (χ0) is 17.1. The number of nitrogens with one attached hydrogen (secondary N) is 1. The first-order valence-corrected chi connectivity index (χ1v) is 8.16. The average molecular weight is 325 g/mol. The molecule has 5 heteroatoms. The molecule has 2 rings (SSSR count). The van der Waals surface area contributed by atoms with E-state index in [1.807, 2.05) is 6.92 Å². The topological polar surface area (TPSA) is 50.7 Å². The molecule has 0 aliphatic carbocycles.